The SMILES string of the molecule is Cn1cc(-c2ccc(Nc3cc(-c4ccc(F)cc4F)cc(Cl)n3)c([N+](=O)[O-])c2)cn1. The highest BCUT2D eigenvalue weighted by Crippen LogP contribution is 2.34. The summed E-state index contributed by atoms with van der Waals surface area (Å²) in [6.45, 7) is 0. The number of benzene rings is 2. The molecule has 0 saturated carbocycles. The van der Waals surface area contributed by atoms with Crippen LogP contribution in [0.3, 0.4) is 0 Å². The molecule has 4 aromatic rings. The number of halogens is 3. The Hall–Kier alpha value is -3.85. The first kappa shape index (κ1) is 20.4. The molecule has 0 bridgehead atoms. The maximum Gasteiger partial charge on any atom is 0.293 e. The first-order valence-electron chi connectivity index (χ1n) is 8.97. The average molecular weight is 442 g/mol. The number of hydrogen-bond donors (Lipinski definition) is 1. The van der Waals surface area contributed by atoms with Gasteiger partial charge < -0.3 is 5.32 Å². The van der Waals surface area contributed by atoms with Crippen LogP contribution < -0.4 is 5.32 Å². The smallest absolute Gasteiger partial charge is 0.293 e. The topological polar surface area (TPSA) is 85.9 Å². The third-order valence-electron chi connectivity index (χ3n) is 4.53. The van der Waals surface area contributed by atoms with E-state index in [1.54, 1.807) is 36.3 Å². The number of nitrogens with zero attached hydrogens (tertiary/aromatic N) is 4. The standard InChI is InChI=1S/C21H14ClF2N5O2/c1-28-11-14(10-25-28)12-2-5-18(19(6-12)29(30)31)26-21-8-13(7-20(22)27-21)16-4-3-15(23)9-17(16)24/h2-11H,1H3,(H,26,27). The number of nitro groups is 1. The summed E-state index contributed by atoms with van der Waals surface area (Å²) < 4.78 is 29.0. The minimum Gasteiger partial charge on any atom is -0.335 e. The summed E-state index contributed by atoms with van der Waals surface area (Å²) in [4.78, 5) is 15.2. The van der Waals surface area contributed by atoms with Crippen LogP contribution in [0, 0.1) is 21.7 Å². The number of rotatable bonds is 5. The van der Waals surface area contributed by atoms with E-state index in [0.29, 0.717) is 11.1 Å². The van der Waals surface area contributed by atoms with Crippen molar-refractivity contribution in [3.8, 4) is 22.3 Å². The number of pyridine rings is 1. The fourth-order valence-electron chi connectivity index (χ4n) is 3.12. The second kappa shape index (κ2) is 8.11. The summed E-state index contributed by atoms with van der Waals surface area (Å²) in [6.07, 6.45) is 3.35. The van der Waals surface area contributed by atoms with Gasteiger partial charge >= 0.3 is 0 Å². The maximum atomic E-state index is 14.2. The third-order valence-corrected chi connectivity index (χ3v) is 4.73. The Bertz CT molecular complexity index is 1310. The molecule has 2 aromatic carbocycles. The van der Waals surface area contributed by atoms with Crippen molar-refractivity contribution in [1.82, 2.24) is 14.8 Å². The molecular weight excluding hydrogens is 428 g/mol. The van der Waals surface area contributed by atoms with Gasteiger partial charge in [0, 0.05) is 36.5 Å². The molecule has 0 aliphatic rings. The van der Waals surface area contributed by atoms with E-state index in [4.69, 9.17) is 11.6 Å². The van der Waals surface area contributed by atoms with Gasteiger partial charge in [-0.05, 0) is 41.5 Å². The van der Waals surface area contributed by atoms with Crippen LogP contribution in [0.1, 0.15) is 0 Å². The Morgan fingerprint density at radius 3 is 2.55 bits per heavy atom. The lowest BCUT2D eigenvalue weighted by Crippen LogP contribution is -2.00. The van der Waals surface area contributed by atoms with Crippen molar-refractivity contribution in [2.45, 2.75) is 0 Å². The molecule has 156 valence electrons. The molecule has 7 nitrogen and oxygen atoms in total. The normalized spacial score (nSPS) is 10.8. The molecule has 10 heteroatoms. The molecule has 2 heterocycles. The lowest BCUT2D eigenvalue weighted by molar-refractivity contribution is -0.383. The van der Waals surface area contributed by atoms with Crippen molar-refractivity contribution < 1.29 is 13.7 Å². The van der Waals surface area contributed by atoms with Crippen LogP contribution in [-0.2, 0) is 7.05 Å². The van der Waals surface area contributed by atoms with Gasteiger partial charge in [0.25, 0.3) is 5.69 Å². The van der Waals surface area contributed by atoms with Gasteiger partial charge in [0.15, 0.2) is 0 Å². The van der Waals surface area contributed by atoms with Gasteiger partial charge in [-0.3, -0.25) is 14.8 Å². The minimum atomic E-state index is -0.764. The number of nitrogens with one attached hydrogen (secondary N) is 1. The predicted octanol–water partition coefficient (Wildman–Crippen LogP) is 5.73. The first-order valence-corrected chi connectivity index (χ1v) is 9.35. The van der Waals surface area contributed by atoms with Gasteiger partial charge in [0.05, 0.1) is 11.1 Å². The Balaban J connectivity index is 1.72. The number of aromatic nitrogens is 3. The lowest BCUT2D eigenvalue weighted by Gasteiger charge is -2.11. The minimum absolute atomic E-state index is 0.0401. The summed E-state index contributed by atoms with van der Waals surface area (Å²) in [5.74, 6) is -1.30. The van der Waals surface area contributed by atoms with E-state index in [2.05, 4.69) is 15.4 Å². The molecule has 0 amide bonds. The Morgan fingerprint density at radius 1 is 1.06 bits per heavy atom. The van der Waals surface area contributed by atoms with E-state index in [0.717, 1.165) is 17.7 Å². The van der Waals surface area contributed by atoms with E-state index in [-0.39, 0.29) is 27.9 Å². The van der Waals surface area contributed by atoms with Gasteiger partial charge in [-0.2, -0.15) is 5.10 Å². The quantitative estimate of drug-likeness (QED) is 0.243. The second-order valence-corrected chi connectivity index (χ2v) is 7.09. The largest absolute Gasteiger partial charge is 0.335 e. The van der Waals surface area contributed by atoms with Crippen LogP contribution in [0.25, 0.3) is 22.3 Å². The molecule has 0 atom stereocenters. The van der Waals surface area contributed by atoms with Gasteiger partial charge in [-0.1, -0.05) is 17.7 Å². The monoisotopic (exact) mass is 441 g/mol. The van der Waals surface area contributed by atoms with E-state index < -0.39 is 16.6 Å². The zero-order valence-electron chi connectivity index (χ0n) is 16.0. The van der Waals surface area contributed by atoms with Gasteiger partial charge in [-0.25, -0.2) is 13.8 Å². The Morgan fingerprint density at radius 2 is 1.87 bits per heavy atom. The van der Waals surface area contributed by atoms with E-state index in [9.17, 15) is 18.9 Å². The van der Waals surface area contributed by atoms with E-state index in [1.165, 1.54) is 24.3 Å². The third kappa shape index (κ3) is 4.36. The molecule has 0 saturated heterocycles. The molecule has 0 aliphatic heterocycles. The lowest BCUT2D eigenvalue weighted by atomic mass is 10.1. The van der Waals surface area contributed by atoms with Crippen molar-refractivity contribution in [2.75, 3.05) is 5.32 Å². The van der Waals surface area contributed by atoms with Crippen LogP contribution >= 0.6 is 11.6 Å². The van der Waals surface area contributed by atoms with Crippen LogP contribution in [0.5, 0.6) is 0 Å². The molecular formula is C21H14ClF2N5O2. The highest BCUT2D eigenvalue weighted by atomic mass is 35.5. The Kier molecular flexibility index (Phi) is 5.35. The summed E-state index contributed by atoms with van der Waals surface area (Å²) in [5.41, 5.74) is 1.81. The molecule has 0 unspecified atom stereocenters. The van der Waals surface area contributed by atoms with Crippen molar-refractivity contribution in [1.29, 1.82) is 0 Å². The van der Waals surface area contributed by atoms with Crippen LogP contribution in [0.15, 0.2) is 60.9 Å². The summed E-state index contributed by atoms with van der Waals surface area (Å²) in [5, 5.41) is 18.6. The maximum absolute atomic E-state index is 14.2. The fourth-order valence-corrected chi connectivity index (χ4v) is 3.32. The number of aryl methyl sites for hydroxylation is 1. The molecule has 4 rings (SSSR count). The van der Waals surface area contributed by atoms with Crippen molar-refractivity contribution in [2.24, 2.45) is 7.05 Å². The van der Waals surface area contributed by atoms with Crippen LogP contribution in [0.2, 0.25) is 5.15 Å². The zero-order valence-corrected chi connectivity index (χ0v) is 16.8. The highest BCUT2D eigenvalue weighted by Gasteiger charge is 2.18. The van der Waals surface area contributed by atoms with Crippen LogP contribution in [-0.4, -0.2) is 19.7 Å². The molecule has 0 spiro atoms. The fraction of sp³-hybridized carbons (Fsp3) is 0.0476. The van der Waals surface area contributed by atoms with Crippen molar-refractivity contribution in [3.05, 3.63) is 87.8 Å². The van der Waals surface area contributed by atoms with Gasteiger partial charge in [-0.15, -0.1) is 0 Å². The first-order chi connectivity index (χ1) is 14.8. The highest BCUT2D eigenvalue weighted by molar-refractivity contribution is 6.29. The zero-order chi connectivity index (χ0) is 22.1. The molecule has 0 fully saturated rings. The van der Waals surface area contributed by atoms with E-state index in [1.807, 2.05) is 0 Å². The van der Waals surface area contributed by atoms with Crippen LogP contribution in [0.4, 0.5) is 26.0 Å². The van der Waals surface area contributed by atoms with E-state index >= 15 is 0 Å². The van der Waals surface area contributed by atoms with Gasteiger partial charge in [0.2, 0.25) is 0 Å². The molecule has 1 N–H and O–H groups in total. The number of nitro benzene ring substituents is 1. The number of anilines is 2. The molecule has 0 aliphatic carbocycles. The summed E-state index contributed by atoms with van der Waals surface area (Å²) in [6, 6.07) is 10.7. The summed E-state index contributed by atoms with van der Waals surface area (Å²) in [7, 11) is 1.75. The molecule has 2 aromatic heterocycles. The number of hydrogen-bond acceptors (Lipinski definition) is 5. The average Bonchev–Trinajstić information content (AvgIpc) is 3.14. The summed E-state index contributed by atoms with van der Waals surface area (Å²) >= 11 is 6.07. The second-order valence-electron chi connectivity index (χ2n) is 6.70. The molecule has 0 radical (unpaired) electrons. The molecule has 31 heavy (non-hydrogen) atoms. The van der Waals surface area contributed by atoms with Crippen molar-refractivity contribution in [3.63, 3.8) is 0 Å². The van der Waals surface area contributed by atoms with Gasteiger partial charge in [0.1, 0.15) is 28.3 Å². The Labute approximate surface area is 180 Å². The predicted molar refractivity (Wildman–Crippen MR) is 113 cm³/mol. The van der Waals surface area contributed by atoms with Crippen molar-refractivity contribution >= 4 is 28.8 Å².